The van der Waals surface area contributed by atoms with Gasteiger partial charge in [-0.15, -0.1) is 0 Å². The molecule has 1 aromatic carbocycles. The molecule has 0 atom stereocenters. The number of amides is 1. The van der Waals surface area contributed by atoms with Gasteiger partial charge >= 0.3 is 0 Å². The predicted molar refractivity (Wildman–Crippen MR) is 59.6 cm³/mol. The van der Waals surface area contributed by atoms with Crippen LogP contribution in [0.5, 0.6) is 0 Å². The van der Waals surface area contributed by atoms with E-state index in [1.54, 1.807) is 6.20 Å². The van der Waals surface area contributed by atoms with Crippen LogP contribution < -0.4 is 10.6 Å². The minimum Gasteiger partial charge on any atom is -0.364 e. The van der Waals surface area contributed by atoms with Gasteiger partial charge in [0, 0.05) is 18.1 Å². The molecule has 2 rings (SSSR count). The highest BCUT2D eigenvalue weighted by Crippen LogP contribution is 2.15. The molecule has 15 heavy (non-hydrogen) atoms. The average Bonchev–Trinajstić information content (AvgIpc) is 2.30. The second-order valence-electron chi connectivity index (χ2n) is 3.20. The number of carbonyl (C=O) groups excluding carboxylic acids is 1. The first-order valence-electron chi connectivity index (χ1n) is 4.62. The zero-order valence-electron chi connectivity index (χ0n) is 8.13. The van der Waals surface area contributed by atoms with Crippen molar-refractivity contribution in [3.05, 3.63) is 42.7 Å². The molecule has 0 spiro atoms. The van der Waals surface area contributed by atoms with Gasteiger partial charge in [0.25, 0.3) is 5.91 Å². The highest BCUT2D eigenvalue weighted by Gasteiger charge is 2.14. The van der Waals surface area contributed by atoms with Crippen LogP contribution in [0.15, 0.2) is 47.7 Å². The number of aliphatic imine (C=N–C) groups is 1. The van der Waals surface area contributed by atoms with Crippen LogP contribution in [0.25, 0.3) is 0 Å². The number of para-hydroxylation sites is 1. The molecule has 4 heteroatoms. The van der Waals surface area contributed by atoms with Crippen LogP contribution >= 0.6 is 0 Å². The first-order chi connectivity index (χ1) is 7.27. The number of anilines is 1. The van der Waals surface area contributed by atoms with Crippen LogP contribution in [-0.4, -0.2) is 18.2 Å². The molecule has 0 radical (unpaired) electrons. The smallest absolute Gasteiger partial charge is 0.264 e. The normalized spacial score (nSPS) is 14.9. The lowest BCUT2D eigenvalue weighted by Crippen LogP contribution is -2.35. The molecule has 0 aromatic heterocycles. The van der Waals surface area contributed by atoms with Crippen molar-refractivity contribution in [2.75, 3.05) is 11.4 Å². The first kappa shape index (κ1) is 9.45. The average molecular weight is 201 g/mol. The first-order valence-corrected chi connectivity index (χ1v) is 4.62. The van der Waals surface area contributed by atoms with E-state index >= 15 is 0 Å². The van der Waals surface area contributed by atoms with Crippen molar-refractivity contribution in [3.63, 3.8) is 0 Å². The molecular formula is C11H11N3O. The zero-order valence-corrected chi connectivity index (χ0v) is 8.13. The number of rotatable bonds is 2. The van der Waals surface area contributed by atoms with Crippen molar-refractivity contribution < 1.29 is 4.79 Å². The van der Waals surface area contributed by atoms with Gasteiger partial charge in [-0.3, -0.25) is 9.79 Å². The van der Waals surface area contributed by atoms with Gasteiger partial charge in [-0.1, -0.05) is 18.2 Å². The number of nitrogens with two attached hydrogens (primary N) is 1. The lowest BCUT2D eigenvalue weighted by Gasteiger charge is -2.22. The molecule has 1 aliphatic heterocycles. The summed E-state index contributed by atoms with van der Waals surface area (Å²) in [6, 6.07) is 9.76. The Morgan fingerprint density at radius 1 is 1.33 bits per heavy atom. The maximum absolute atomic E-state index is 11.0. The van der Waals surface area contributed by atoms with Gasteiger partial charge in [-0.25, -0.2) is 0 Å². The second-order valence-corrected chi connectivity index (χ2v) is 3.20. The van der Waals surface area contributed by atoms with E-state index in [0.29, 0.717) is 12.3 Å². The molecule has 1 aromatic rings. The topological polar surface area (TPSA) is 58.7 Å². The number of hydrogen-bond donors (Lipinski definition) is 1. The molecule has 4 nitrogen and oxygen atoms in total. The Kier molecular flexibility index (Phi) is 2.49. The molecule has 0 saturated heterocycles. The summed E-state index contributed by atoms with van der Waals surface area (Å²) in [5, 5.41) is 0. The standard InChI is InChI=1S/C11H11N3O/c12-11(15)10-8-14(7-6-13-10)9-4-2-1-3-5-9/h1-7H,8H2,(H2,12,15). The number of nitrogens with zero attached hydrogens (tertiary/aromatic N) is 2. The van der Waals surface area contributed by atoms with Crippen molar-refractivity contribution in [2.45, 2.75) is 0 Å². The Labute approximate surface area is 87.7 Å². The Morgan fingerprint density at radius 2 is 2.07 bits per heavy atom. The van der Waals surface area contributed by atoms with Crippen molar-refractivity contribution in [1.82, 2.24) is 0 Å². The van der Waals surface area contributed by atoms with E-state index in [9.17, 15) is 4.79 Å². The maximum atomic E-state index is 11.0. The van der Waals surface area contributed by atoms with E-state index in [0.717, 1.165) is 5.69 Å². The van der Waals surface area contributed by atoms with Gasteiger partial charge in [-0.05, 0) is 12.1 Å². The molecule has 1 heterocycles. The van der Waals surface area contributed by atoms with Crippen LogP contribution in [0, 0.1) is 0 Å². The van der Waals surface area contributed by atoms with Crippen LogP contribution in [0.2, 0.25) is 0 Å². The summed E-state index contributed by atoms with van der Waals surface area (Å²) in [5.74, 6) is -0.472. The van der Waals surface area contributed by atoms with Gasteiger partial charge in [0.15, 0.2) is 0 Å². The molecule has 0 aliphatic carbocycles. The molecule has 2 N–H and O–H groups in total. The third-order valence-corrected chi connectivity index (χ3v) is 2.17. The summed E-state index contributed by atoms with van der Waals surface area (Å²) in [5.41, 5.74) is 6.57. The summed E-state index contributed by atoms with van der Waals surface area (Å²) < 4.78 is 0. The third kappa shape index (κ3) is 2.04. The summed E-state index contributed by atoms with van der Waals surface area (Å²) in [6.45, 7) is 0.426. The Morgan fingerprint density at radius 3 is 2.73 bits per heavy atom. The van der Waals surface area contributed by atoms with E-state index in [-0.39, 0.29) is 0 Å². The number of hydrogen-bond acceptors (Lipinski definition) is 3. The van der Waals surface area contributed by atoms with Crippen molar-refractivity contribution >= 4 is 17.3 Å². The molecular weight excluding hydrogens is 190 g/mol. The Bertz CT molecular complexity index is 423. The summed E-state index contributed by atoms with van der Waals surface area (Å²) >= 11 is 0. The van der Waals surface area contributed by atoms with E-state index in [1.807, 2.05) is 41.4 Å². The summed E-state index contributed by atoms with van der Waals surface area (Å²) in [7, 11) is 0. The second kappa shape index (κ2) is 3.96. The van der Waals surface area contributed by atoms with E-state index < -0.39 is 5.91 Å². The highest BCUT2D eigenvalue weighted by molar-refractivity contribution is 6.40. The van der Waals surface area contributed by atoms with Crippen molar-refractivity contribution in [2.24, 2.45) is 10.7 Å². The zero-order chi connectivity index (χ0) is 10.7. The van der Waals surface area contributed by atoms with Crippen molar-refractivity contribution in [3.8, 4) is 0 Å². The minimum absolute atomic E-state index is 0.376. The Balaban J connectivity index is 2.19. The van der Waals surface area contributed by atoms with Crippen LogP contribution in [0.1, 0.15) is 0 Å². The number of primary amides is 1. The lowest BCUT2D eigenvalue weighted by atomic mass is 10.2. The third-order valence-electron chi connectivity index (χ3n) is 2.17. The summed E-state index contributed by atoms with van der Waals surface area (Å²) in [6.07, 6.45) is 3.40. The fourth-order valence-electron chi connectivity index (χ4n) is 1.40. The van der Waals surface area contributed by atoms with Gasteiger partial charge in [0.1, 0.15) is 5.71 Å². The molecule has 1 aliphatic rings. The van der Waals surface area contributed by atoms with Crippen LogP contribution in [0.3, 0.4) is 0 Å². The largest absolute Gasteiger partial charge is 0.364 e. The molecule has 0 saturated carbocycles. The monoisotopic (exact) mass is 201 g/mol. The fourth-order valence-corrected chi connectivity index (χ4v) is 1.40. The maximum Gasteiger partial charge on any atom is 0.264 e. The molecule has 0 unspecified atom stereocenters. The van der Waals surface area contributed by atoms with Gasteiger partial charge in [-0.2, -0.15) is 0 Å². The van der Waals surface area contributed by atoms with E-state index in [1.165, 1.54) is 0 Å². The van der Waals surface area contributed by atoms with Gasteiger partial charge in [0.05, 0.1) is 6.54 Å². The van der Waals surface area contributed by atoms with Gasteiger partial charge < -0.3 is 10.6 Å². The number of benzene rings is 1. The van der Waals surface area contributed by atoms with Crippen LogP contribution in [-0.2, 0) is 4.79 Å². The predicted octanol–water partition coefficient (Wildman–Crippen LogP) is 0.904. The van der Waals surface area contributed by atoms with Crippen molar-refractivity contribution in [1.29, 1.82) is 0 Å². The molecule has 0 bridgehead atoms. The SMILES string of the molecule is NC(=O)C1=NC=CN(c2ccccc2)C1. The van der Waals surface area contributed by atoms with E-state index in [4.69, 9.17) is 5.73 Å². The number of carbonyl (C=O) groups is 1. The molecule has 0 fully saturated rings. The quantitative estimate of drug-likeness (QED) is 0.773. The highest BCUT2D eigenvalue weighted by atomic mass is 16.1. The van der Waals surface area contributed by atoms with Gasteiger partial charge in [0.2, 0.25) is 0 Å². The van der Waals surface area contributed by atoms with E-state index in [2.05, 4.69) is 4.99 Å². The fraction of sp³-hybridized carbons (Fsp3) is 0.0909. The van der Waals surface area contributed by atoms with Crippen LogP contribution in [0.4, 0.5) is 5.69 Å². The summed E-state index contributed by atoms with van der Waals surface area (Å²) in [4.78, 5) is 16.8. The lowest BCUT2D eigenvalue weighted by molar-refractivity contribution is -0.112. The Hall–Kier alpha value is -2.10. The molecule has 1 amide bonds. The molecule has 76 valence electrons. The minimum atomic E-state index is -0.472.